The van der Waals surface area contributed by atoms with E-state index in [0.717, 1.165) is 5.56 Å². The van der Waals surface area contributed by atoms with Gasteiger partial charge in [0.25, 0.3) is 0 Å². The molecule has 0 saturated carbocycles. The molecule has 1 N–H and O–H groups in total. The highest BCUT2D eigenvalue weighted by molar-refractivity contribution is 7.98. The molecule has 1 aromatic heterocycles. The van der Waals surface area contributed by atoms with Gasteiger partial charge in [-0.15, -0.1) is 11.8 Å². The van der Waals surface area contributed by atoms with Gasteiger partial charge in [-0.25, -0.2) is 9.97 Å². The molecule has 4 heteroatoms. The number of hydrogen-bond donors (Lipinski definition) is 1. The van der Waals surface area contributed by atoms with Gasteiger partial charge in [-0.3, -0.25) is 0 Å². The summed E-state index contributed by atoms with van der Waals surface area (Å²) in [5.41, 5.74) is 2.30. The zero-order chi connectivity index (χ0) is 12.1. The fourth-order valence-corrected chi connectivity index (χ4v) is 2.19. The summed E-state index contributed by atoms with van der Waals surface area (Å²) >= 11 is 1.75. The second-order valence-corrected chi connectivity index (χ2v) is 4.55. The molecule has 0 fully saturated rings. The molecule has 2 aromatic rings. The molecule has 1 atom stereocenters. The first-order chi connectivity index (χ1) is 8.35. The van der Waals surface area contributed by atoms with E-state index in [9.17, 15) is 0 Å². The molecule has 0 amide bonds. The van der Waals surface area contributed by atoms with E-state index in [0.29, 0.717) is 0 Å². The summed E-state index contributed by atoms with van der Waals surface area (Å²) < 4.78 is 0. The lowest BCUT2D eigenvalue weighted by Crippen LogP contribution is -2.17. The number of nitrogens with zero attached hydrogens (tertiary/aromatic N) is 2. The van der Waals surface area contributed by atoms with Crippen molar-refractivity contribution in [2.75, 3.05) is 13.3 Å². The van der Waals surface area contributed by atoms with Crippen LogP contribution in [-0.4, -0.2) is 23.3 Å². The van der Waals surface area contributed by atoms with Gasteiger partial charge in [-0.05, 0) is 31.0 Å². The molecule has 1 unspecified atom stereocenters. The Kier molecular flexibility index (Phi) is 4.12. The van der Waals surface area contributed by atoms with Crippen LogP contribution in [0.5, 0.6) is 0 Å². The van der Waals surface area contributed by atoms with Crippen LogP contribution >= 0.6 is 11.8 Å². The Hall–Kier alpha value is -1.39. The molecule has 2 rings (SSSR count). The summed E-state index contributed by atoms with van der Waals surface area (Å²) in [4.78, 5) is 9.39. The zero-order valence-corrected chi connectivity index (χ0v) is 10.7. The van der Waals surface area contributed by atoms with Crippen LogP contribution in [0.25, 0.3) is 0 Å². The maximum absolute atomic E-state index is 4.06. The summed E-state index contributed by atoms with van der Waals surface area (Å²) in [5, 5.41) is 3.29. The molecule has 88 valence electrons. The summed E-state index contributed by atoms with van der Waals surface area (Å²) in [6.45, 7) is 0. The quantitative estimate of drug-likeness (QED) is 0.840. The van der Waals surface area contributed by atoms with E-state index in [-0.39, 0.29) is 6.04 Å². The Morgan fingerprint density at radius 3 is 2.24 bits per heavy atom. The number of thioether (sulfide) groups is 1. The maximum Gasteiger partial charge on any atom is 0.115 e. The molecule has 0 bridgehead atoms. The zero-order valence-electron chi connectivity index (χ0n) is 9.92. The van der Waals surface area contributed by atoms with Crippen LogP contribution in [0.3, 0.4) is 0 Å². The van der Waals surface area contributed by atoms with Gasteiger partial charge in [0.05, 0.1) is 6.04 Å². The SMILES string of the molecule is CNC(c1ccc(SC)cc1)c1cncnc1. The van der Waals surface area contributed by atoms with Crippen molar-refractivity contribution in [3.05, 3.63) is 54.1 Å². The van der Waals surface area contributed by atoms with Crippen LogP contribution in [0.15, 0.2) is 47.9 Å². The molecule has 0 spiro atoms. The number of rotatable bonds is 4. The first-order valence-electron chi connectivity index (χ1n) is 5.41. The van der Waals surface area contributed by atoms with Crippen molar-refractivity contribution in [2.45, 2.75) is 10.9 Å². The Labute approximate surface area is 106 Å². The van der Waals surface area contributed by atoms with E-state index >= 15 is 0 Å². The molecule has 0 saturated heterocycles. The minimum Gasteiger partial charge on any atom is -0.309 e. The van der Waals surface area contributed by atoms with Crippen molar-refractivity contribution in [2.24, 2.45) is 0 Å². The van der Waals surface area contributed by atoms with Crippen LogP contribution in [0.2, 0.25) is 0 Å². The molecule has 0 aliphatic carbocycles. The van der Waals surface area contributed by atoms with Crippen LogP contribution in [0.1, 0.15) is 17.2 Å². The number of aromatic nitrogens is 2. The molecule has 17 heavy (non-hydrogen) atoms. The Morgan fingerprint density at radius 1 is 1.06 bits per heavy atom. The predicted molar refractivity (Wildman–Crippen MR) is 71.2 cm³/mol. The fraction of sp³-hybridized carbons (Fsp3) is 0.231. The predicted octanol–water partition coefficient (Wildman–Crippen LogP) is 2.51. The van der Waals surface area contributed by atoms with Crippen LogP contribution in [0, 0.1) is 0 Å². The lowest BCUT2D eigenvalue weighted by Gasteiger charge is -2.16. The third-order valence-corrected chi connectivity index (χ3v) is 3.40. The third kappa shape index (κ3) is 2.84. The van der Waals surface area contributed by atoms with Gasteiger partial charge < -0.3 is 5.32 Å². The summed E-state index contributed by atoms with van der Waals surface area (Å²) in [6, 6.07) is 8.69. The smallest absolute Gasteiger partial charge is 0.115 e. The second-order valence-electron chi connectivity index (χ2n) is 3.67. The van der Waals surface area contributed by atoms with Crippen LogP contribution in [-0.2, 0) is 0 Å². The molecular weight excluding hydrogens is 230 g/mol. The van der Waals surface area contributed by atoms with E-state index in [1.807, 2.05) is 19.4 Å². The molecule has 1 heterocycles. The molecule has 1 aromatic carbocycles. The summed E-state index contributed by atoms with van der Waals surface area (Å²) in [7, 11) is 1.94. The van der Waals surface area contributed by atoms with Gasteiger partial charge in [-0.1, -0.05) is 12.1 Å². The lowest BCUT2D eigenvalue weighted by molar-refractivity contribution is 0.684. The average molecular weight is 245 g/mol. The van der Waals surface area contributed by atoms with Crippen molar-refractivity contribution in [3.8, 4) is 0 Å². The number of benzene rings is 1. The van der Waals surface area contributed by atoms with Crippen LogP contribution < -0.4 is 5.32 Å². The minimum atomic E-state index is 0.145. The Bertz CT molecular complexity index is 456. The molecule has 3 nitrogen and oxygen atoms in total. The topological polar surface area (TPSA) is 37.8 Å². The highest BCUT2D eigenvalue weighted by Gasteiger charge is 2.11. The van der Waals surface area contributed by atoms with Gasteiger partial charge in [0, 0.05) is 22.9 Å². The van der Waals surface area contributed by atoms with Crippen molar-refractivity contribution < 1.29 is 0 Å². The summed E-state index contributed by atoms with van der Waals surface area (Å²) in [6.07, 6.45) is 7.32. The van der Waals surface area contributed by atoms with Crippen molar-refractivity contribution in [3.63, 3.8) is 0 Å². The second kappa shape index (κ2) is 5.80. The van der Waals surface area contributed by atoms with Gasteiger partial charge >= 0.3 is 0 Å². The van der Waals surface area contributed by atoms with E-state index in [2.05, 4.69) is 45.8 Å². The molecule has 0 radical (unpaired) electrons. The Balaban J connectivity index is 2.29. The molecular formula is C13H15N3S. The third-order valence-electron chi connectivity index (χ3n) is 2.65. The standard InChI is InChI=1S/C13H15N3S/c1-14-13(11-7-15-9-16-8-11)10-3-5-12(17-2)6-4-10/h3-9,13-14H,1-2H3. The minimum absolute atomic E-state index is 0.145. The summed E-state index contributed by atoms with van der Waals surface area (Å²) in [5.74, 6) is 0. The number of hydrogen-bond acceptors (Lipinski definition) is 4. The highest BCUT2D eigenvalue weighted by atomic mass is 32.2. The van der Waals surface area contributed by atoms with Crippen molar-refractivity contribution in [1.82, 2.24) is 15.3 Å². The van der Waals surface area contributed by atoms with Crippen molar-refractivity contribution in [1.29, 1.82) is 0 Å². The lowest BCUT2D eigenvalue weighted by atomic mass is 10.0. The Morgan fingerprint density at radius 2 is 1.71 bits per heavy atom. The van der Waals surface area contributed by atoms with Gasteiger partial charge in [-0.2, -0.15) is 0 Å². The monoisotopic (exact) mass is 245 g/mol. The van der Waals surface area contributed by atoms with Gasteiger partial charge in [0.15, 0.2) is 0 Å². The molecule has 0 aliphatic rings. The van der Waals surface area contributed by atoms with E-state index < -0.39 is 0 Å². The van der Waals surface area contributed by atoms with E-state index in [1.165, 1.54) is 10.5 Å². The highest BCUT2D eigenvalue weighted by Crippen LogP contribution is 2.23. The first-order valence-corrected chi connectivity index (χ1v) is 6.63. The average Bonchev–Trinajstić information content (AvgIpc) is 2.42. The fourth-order valence-electron chi connectivity index (χ4n) is 1.78. The van der Waals surface area contributed by atoms with Crippen molar-refractivity contribution >= 4 is 11.8 Å². The first kappa shape index (κ1) is 12.1. The van der Waals surface area contributed by atoms with E-state index in [1.54, 1.807) is 18.1 Å². The normalized spacial score (nSPS) is 12.4. The van der Waals surface area contributed by atoms with E-state index in [4.69, 9.17) is 0 Å². The van der Waals surface area contributed by atoms with Crippen LogP contribution in [0.4, 0.5) is 0 Å². The van der Waals surface area contributed by atoms with Gasteiger partial charge in [0.1, 0.15) is 6.33 Å². The molecule has 0 aliphatic heterocycles. The number of nitrogens with one attached hydrogen (secondary N) is 1. The maximum atomic E-state index is 4.06. The largest absolute Gasteiger partial charge is 0.309 e. The van der Waals surface area contributed by atoms with Gasteiger partial charge in [0.2, 0.25) is 0 Å².